The van der Waals surface area contributed by atoms with Crippen LogP contribution in [0.15, 0.2) is 0 Å². The van der Waals surface area contributed by atoms with Crippen LogP contribution in [0.4, 0.5) is 0 Å². The fourth-order valence-corrected chi connectivity index (χ4v) is 2.35. The maximum atomic E-state index is 5.89. The van der Waals surface area contributed by atoms with Crippen molar-refractivity contribution in [2.45, 2.75) is 31.8 Å². The van der Waals surface area contributed by atoms with Crippen LogP contribution in [0.1, 0.15) is 25.7 Å². The zero-order valence-corrected chi connectivity index (χ0v) is 9.51. The first-order chi connectivity index (χ1) is 6.35. The number of hydrogen-bond acceptors (Lipinski definition) is 2. The zero-order chi connectivity index (χ0) is 9.15. The van der Waals surface area contributed by atoms with Crippen molar-refractivity contribution in [3.63, 3.8) is 0 Å². The summed E-state index contributed by atoms with van der Waals surface area (Å²) < 4.78 is 11.2. The van der Waals surface area contributed by atoms with Crippen LogP contribution < -0.4 is 0 Å². The number of alkyl halides is 1. The predicted octanol–water partition coefficient (Wildman–Crippen LogP) is 2.36. The molecule has 1 saturated heterocycles. The van der Waals surface area contributed by atoms with Crippen molar-refractivity contribution in [2.75, 3.05) is 25.2 Å². The SMILES string of the molecule is BrCC1(COC2CCOCC2)CC1. The molecule has 2 aliphatic rings. The van der Waals surface area contributed by atoms with Gasteiger partial charge in [-0.2, -0.15) is 0 Å². The third kappa shape index (κ3) is 2.67. The molecule has 0 unspecified atom stereocenters. The Hall–Kier alpha value is 0.400. The van der Waals surface area contributed by atoms with Gasteiger partial charge in [0.15, 0.2) is 0 Å². The largest absolute Gasteiger partial charge is 0.381 e. The minimum atomic E-state index is 0.463. The maximum Gasteiger partial charge on any atom is 0.0619 e. The highest BCUT2D eigenvalue weighted by molar-refractivity contribution is 9.09. The van der Waals surface area contributed by atoms with Crippen molar-refractivity contribution in [1.82, 2.24) is 0 Å². The second kappa shape index (κ2) is 4.28. The van der Waals surface area contributed by atoms with Gasteiger partial charge < -0.3 is 9.47 Å². The Morgan fingerprint density at radius 2 is 2.00 bits per heavy atom. The van der Waals surface area contributed by atoms with Crippen molar-refractivity contribution in [3.05, 3.63) is 0 Å². The lowest BCUT2D eigenvalue weighted by Crippen LogP contribution is -2.26. The van der Waals surface area contributed by atoms with Crippen LogP contribution in [0.5, 0.6) is 0 Å². The molecule has 0 radical (unpaired) electrons. The quantitative estimate of drug-likeness (QED) is 0.712. The van der Waals surface area contributed by atoms with Gasteiger partial charge in [0.05, 0.1) is 12.7 Å². The summed E-state index contributed by atoms with van der Waals surface area (Å²) in [6, 6.07) is 0. The molecule has 0 amide bonds. The van der Waals surface area contributed by atoms with E-state index in [2.05, 4.69) is 15.9 Å². The standard InChI is InChI=1S/C10H17BrO2/c11-7-10(3-4-10)8-13-9-1-5-12-6-2-9/h9H,1-8H2. The smallest absolute Gasteiger partial charge is 0.0619 e. The molecule has 1 saturated carbocycles. The van der Waals surface area contributed by atoms with Gasteiger partial charge in [0.25, 0.3) is 0 Å². The predicted molar refractivity (Wildman–Crippen MR) is 55.3 cm³/mol. The van der Waals surface area contributed by atoms with Gasteiger partial charge in [0, 0.05) is 24.0 Å². The van der Waals surface area contributed by atoms with E-state index in [0.717, 1.165) is 38.0 Å². The lowest BCUT2D eigenvalue weighted by atomic mass is 10.1. The molecule has 0 aromatic heterocycles. The summed E-state index contributed by atoms with van der Waals surface area (Å²) in [6.07, 6.45) is 5.30. The molecular formula is C10H17BrO2. The first-order valence-electron chi connectivity index (χ1n) is 5.10. The summed E-state index contributed by atoms with van der Waals surface area (Å²) in [5.41, 5.74) is 0.498. The van der Waals surface area contributed by atoms with E-state index in [1.54, 1.807) is 0 Å². The van der Waals surface area contributed by atoms with Gasteiger partial charge >= 0.3 is 0 Å². The van der Waals surface area contributed by atoms with Gasteiger partial charge in [0.1, 0.15) is 0 Å². The normalized spacial score (nSPS) is 27.5. The minimum absolute atomic E-state index is 0.463. The molecular weight excluding hydrogens is 232 g/mol. The molecule has 76 valence electrons. The van der Waals surface area contributed by atoms with Crippen LogP contribution in [0.2, 0.25) is 0 Å². The summed E-state index contributed by atoms with van der Waals surface area (Å²) >= 11 is 3.55. The van der Waals surface area contributed by atoms with Crippen molar-refractivity contribution < 1.29 is 9.47 Å². The summed E-state index contributed by atoms with van der Waals surface area (Å²) in [5, 5.41) is 1.10. The highest BCUT2D eigenvalue weighted by atomic mass is 79.9. The first-order valence-corrected chi connectivity index (χ1v) is 6.22. The van der Waals surface area contributed by atoms with Crippen LogP contribution in [0, 0.1) is 5.41 Å². The topological polar surface area (TPSA) is 18.5 Å². The second-order valence-electron chi connectivity index (χ2n) is 4.26. The molecule has 1 aliphatic heterocycles. The number of ether oxygens (including phenoxy) is 2. The first kappa shape index (κ1) is 9.94. The van der Waals surface area contributed by atoms with E-state index in [4.69, 9.17) is 9.47 Å². The molecule has 0 N–H and O–H groups in total. The molecule has 0 aromatic carbocycles. The second-order valence-corrected chi connectivity index (χ2v) is 4.82. The van der Waals surface area contributed by atoms with Crippen LogP contribution in [0.3, 0.4) is 0 Å². The molecule has 0 atom stereocenters. The third-order valence-corrected chi connectivity index (χ3v) is 4.22. The monoisotopic (exact) mass is 248 g/mol. The Balaban J connectivity index is 1.66. The molecule has 2 rings (SSSR count). The van der Waals surface area contributed by atoms with E-state index in [1.165, 1.54) is 12.8 Å². The number of hydrogen-bond donors (Lipinski definition) is 0. The average molecular weight is 249 g/mol. The highest BCUT2D eigenvalue weighted by Crippen LogP contribution is 2.47. The van der Waals surface area contributed by atoms with E-state index < -0.39 is 0 Å². The lowest BCUT2D eigenvalue weighted by Gasteiger charge is -2.24. The Morgan fingerprint density at radius 3 is 2.54 bits per heavy atom. The van der Waals surface area contributed by atoms with Crippen LogP contribution in [-0.4, -0.2) is 31.3 Å². The van der Waals surface area contributed by atoms with E-state index in [9.17, 15) is 0 Å². The van der Waals surface area contributed by atoms with Crippen LogP contribution in [0.25, 0.3) is 0 Å². The molecule has 3 heteroatoms. The van der Waals surface area contributed by atoms with Gasteiger partial charge in [-0.15, -0.1) is 0 Å². The molecule has 13 heavy (non-hydrogen) atoms. The molecule has 0 bridgehead atoms. The van der Waals surface area contributed by atoms with Gasteiger partial charge in [-0.25, -0.2) is 0 Å². The van der Waals surface area contributed by atoms with Crippen molar-refractivity contribution in [3.8, 4) is 0 Å². The van der Waals surface area contributed by atoms with Gasteiger partial charge in [-0.05, 0) is 25.7 Å². The fourth-order valence-electron chi connectivity index (χ4n) is 1.63. The maximum absolute atomic E-state index is 5.89. The third-order valence-electron chi connectivity index (χ3n) is 3.03. The summed E-state index contributed by atoms with van der Waals surface area (Å²) in [7, 11) is 0. The van der Waals surface area contributed by atoms with Crippen molar-refractivity contribution >= 4 is 15.9 Å². The molecule has 2 fully saturated rings. The average Bonchev–Trinajstić information content (AvgIpc) is 2.97. The molecule has 0 spiro atoms. The van der Waals surface area contributed by atoms with Gasteiger partial charge in [-0.1, -0.05) is 15.9 Å². The van der Waals surface area contributed by atoms with Crippen LogP contribution >= 0.6 is 15.9 Å². The Morgan fingerprint density at radius 1 is 1.31 bits per heavy atom. The Bertz CT molecular complexity index is 162. The highest BCUT2D eigenvalue weighted by Gasteiger charge is 2.42. The van der Waals surface area contributed by atoms with Crippen LogP contribution in [-0.2, 0) is 9.47 Å². The minimum Gasteiger partial charge on any atom is -0.381 e. The fraction of sp³-hybridized carbons (Fsp3) is 1.00. The molecule has 1 heterocycles. The van der Waals surface area contributed by atoms with E-state index in [1.807, 2.05) is 0 Å². The van der Waals surface area contributed by atoms with E-state index in [-0.39, 0.29) is 0 Å². The number of halogens is 1. The van der Waals surface area contributed by atoms with Crippen molar-refractivity contribution in [1.29, 1.82) is 0 Å². The molecule has 2 nitrogen and oxygen atoms in total. The Kier molecular flexibility index (Phi) is 3.27. The van der Waals surface area contributed by atoms with E-state index in [0.29, 0.717) is 11.5 Å². The summed E-state index contributed by atoms with van der Waals surface area (Å²) in [4.78, 5) is 0. The van der Waals surface area contributed by atoms with Gasteiger partial charge in [-0.3, -0.25) is 0 Å². The number of rotatable bonds is 4. The molecule has 0 aromatic rings. The lowest BCUT2D eigenvalue weighted by molar-refractivity contribution is -0.0436. The van der Waals surface area contributed by atoms with Crippen molar-refractivity contribution in [2.24, 2.45) is 5.41 Å². The Labute approximate surface area is 88.1 Å². The molecule has 1 aliphatic carbocycles. The zero-order valence-electron chi connectivity index (χ0n) is 7.93. The van der Waals surface area contributed by atoms with E-state index >= 15 is 0 Å². The van der Waals surface area contributed by atoms with Gasteiger partial charge in [0.2, 0.25) is 0 Å². The summed E-state index contributed by atoms with van der Waals surface area (Å²) in [5.74, 6) is 0. The summed E-state index contributed by atoms with van der Waals surface area (Å²) in [6.45, 7) is 2.71.